The van der Waals surface area contributed by atoms with E-state index in [0.717, 1.165) is 5.56 Å². The van der Waals surface area contributed by atoms with Gasteiger partial charge in [-0.1, -0.05) is 29.8 Å². The van der Waals surface area contributed by atoms with E-state index in [2.05, 4.69) is 5.32 Å². The number of aliphatic carboxylic acids is 1. The zero-order chi connectivity index (χ0) is 10.8. The summed E-state index contributed by atoms with van der Waals surface area (Å²) in [5, 5.41) is 12.1. The molecule has 1 unspecified atom stereocenters. The molecule has 4 heteroatoms. The average molecular weight is 223 g/mol. The van der Waals surface area contributed by atoms with E-state index in [9.17, 15) is 4.79 Å². The van der Waals surface area contributed by atoms with Crippen molar-refractivity contribution < 1.29 is 9.90 Å². The Bertz CT molecular complexity index is 363. The summed E-state index contributed by atoms with van der Waals surface area (Å²) in [5.41, 5.74) is 2.37. The molecule has 0 aliphatic carbocycles. The number of rotatable bonds is 2. The first-order valence-electron chi connectivity index (χ1n) is 4.84. The van der Waals surface area contributed by atoms with Crippen molar-refractivity contribution >= 4 is 17.7 Å². The molecule has 0 radical (unpaired) electrons. The maximum Gasteiger partial charge on any atom is 0.321 e. The van der Waals surface area contributed by atoms with E-state index in [1.54, 1.807) is 11.8 Å². The van der Waals surface area contributed by atoms with Crippen molar-refractivity contribution in [1.29, 1.82) is 0 Å². The Morgan fingerprint density at radius 2 is 2.13 bits per heavy atom. The molecular formula is C11H13NO2S. The first kappa shape index (κ1) is 10.5. The van der Waals surface area contributed by atoms with Crippen LogP contribution < -0.4 is 5.32 Å². The van der Waals surface area contributed by atoms with Gasteiger partial charge in [0.1, 0.15) is 6.04 Å². The molecule has 1 aliphatic heterocycles. The zero-order valence-electron chi connectivity index (χ0n) is 8.43. The third kappa shape index (κ3) is 2.33. The molecule has 15 heavy (non-hydrogen) atoms. The highest BCUT2D eigenvalue weighted by Crippen LogP contribution is 2.32. The van der Waals surface area contributed by atoms with Gasteiger partial charge in [0.15, 0.2) is 0 Å². The number of carbonyl (C=O) groups is 1. The minimum Gasteiger partial charge on any atom is -0.480 e. The van der Waals surface area contributed by atoms with Crippen LogP contribution in [0.2, 0.25) is 0 Å². The fourth-order valence-electron chi connectivity index (χ4n) is 1.55. The Morgan fingerprint density at radius 1 is 1.47 bits per heavy atom. The summed E-state index contributed by atoms with van der Waals surface area (Å²) in [6.45, 7) is 2.04. The van der Waals surface area contributed by atoms with Crippen molar-refractivity contribution in [2.45, 2.75) is 18.3 Å². The molecule has 3 nitrogen and oxygen atoms in total. The summed E-state index contributed by atoms with van der Waals surface area (Å²) in [6, 6.07) is 7.77. The molecule has 1 aliphatic rings. The summed E-state index contributed by atoms with van der Waals surface area (Å²) in [6.07, 6.45) is 0. The van der Waals surface area contributed by atoms with E-state index >= 15 is 0 Å². The Morgan fingerprint density at radius 3 is 2.67 bits per heavy atom. The molecule has 1 aromatic carbocycles. The van der Waals surface area contributed by atoms with E-state index in [-0.39, 0.29) is 5.37 Å². The second kappa shape index (κ2) is 4.24. The lowest BCUT2D eigenvalue weighted by Gasteiger charge is -2.11. The van der Waals surface area contributed by atoms with Crippen LogP contribution in [0.4, 0.5) is 0 Å². The SMILES string of the molecule is Cc1ccc([C@@H]2NC(C(=O)O)CS2)cc1. The first-order valence-corrected chi connectivity index (χ1v) is 5.89. The van der Waals surface area contributed by atoms with Crippen LogP contribution in [0.3, 0.4) is 0 Å². The van der Waals surface area contributed by atoms with Gasteiger partial charge in [-0.3, -0.25) is 10.1 Å². The maximum atomic E-state index is 10.8. The van der Waals surface area contributed by atoms with Crippen molar-refractivity contribution in [2.75, 3.05) is 5.75 Å². The van der Waals surface area contributed by atoms with Gasteiger partial charge in [-0.2, -0.15) is 0 Å². The molecule has 0 spiro atoms. The number of aryl methyl sites for hydroxylation is 1. The van der Waals surface area contributed by atoms with Crippen molar-refractivity contribution in [3.63, 3.8) is 0 Å². The van der Waals surface area contributed by atoms with Gasteiger partial charge >= 0.3 is 5.97 Å². The predicted octanol–water partition coefficient (Wildman–Crippen LogP) is 1.78. The van der Waals surface area contributed by atoms with E-state index in [4.69, 9.17) is 5.11 Å². The number of carboxylic acid groups (broad SMARTS) is 1. The van der Waals surface area contributed by atoms with Crippen LogP contribution in [0.25, 0.3) is 0 Å². The monoisotopic (exact) mass is 223 g/mol. The first-order chi connectivity index (χ1) is 7.16. The molecule has 0 bridgehead atoms. The van der Waals surface area contributed by atoms with E-state index < -0.39 is 12.0 Å². The molecule has 80 valence electrons. The molecule has 2 atom stereocenters. The van der Waals surface area contributed by atoms with Gasteiger partial charge in [-0.25, -0.2) is 0 Å². The van der Waals surface area contributed by atoms with Crippen molar-refractivity contribution in [3.8, 4) is 0 Å². The van der Waals surface area contributed by atoms with Crippen molar-refractivity contribution in [1.82, 2.24) is 5.32 Å². The van der Waals surface area contributed by atoms with Crippen molar-refractivity contribution in [3.05, 3.63) is 35.4 Å². The van der Waals surface area contributed by atoms with E-state index in [1.165, 1.54) is 5.56 Å². The standard InChI is InChI=1S/C11H13NO2S/c1-7-2-4-8(5-3-7)10-12-9(6-15-10)11(13)14/h2-5,9-10,12H,6H2,1H3,(H,13,14)/t9?,10-/m1/s1. The molecule has 0 amide bonds. The van der Waals surface area contributed by atoms with E-state index in [0.29, 0.717) is 5.75 Å². The zero-order valence-corrected chi connectivity index (χ0v) is 9.25. The minimum absolute atomic E-state index is 0.117. The molecule has 0 aromatic heterocycles. The van der Waals surface area contributed by atoms with Gasteiger partial charge in [-0.15, -0.1) is 11.8 Å². The summed E-state index contributed by atoms with van der Waals surface area (Å²) in [7, 11) is 0. The van der Waals surface area contributed by atoms with Crippen LogP contribution in [0.15, 0.2) is 24.3 Å². The highest BCUT2D eigenvalue weighted by molar-refractivity contribution is 7.99. The van der Waals surface area contributed by atoms with Crippen LogP contribution in [-0.2, 0) is 4.79 Å². The smallest absolute Gasteiger partial charge is 0.321 e. The Labute approximate surface area is 92.9 Å². The van der Waals surface area contributed by atoms with Crippen LogP contribution >= 0.6 is 11.8 Å². The largest absolute Gasteiger partial charge is 0.480 e. The average Bonchev–Trinajstić information content (AvgIpc) is 2.68. The summed E-state index contributed by atoms with van der Waals surface area (Å²) in [5.74, 6) is -0.134. The lowest BCUT2D eigenvalue weighted by Crippen LogP contribution is -2.33. The summed E-state index contributed by atoms with van der Waals surface area (Å²) >= 11 is 1.65. The molecule has 2 rings (SSSR count). The number of nitrogens with one attached hydrogen (secondary N) is 1. The predicted molar refractivity (Wildman–Crippen MR) is 60.9 cm³/mol. The van der Waals surface area contributed by atoms with Crippen LogP contribution in [-0.4, -0.2) is 22.9 Å². The molecule has 0 saturated carbocycles. The molecule has 1 heterocycles. The van der Waals surface area contributed by atoms with Crippen LogP contribution in [0, 0.1) is 6.92 Å². The second-order valence-electron chi connectivity index (χ2n) is 3.68. The van der Waals surface area contributed by atoms with Crippen molar-refractivity contribution in [2.24, 2.45) is 0 Å². The van der Waals surface area contributed by atoms with E-state index in [1.807, 2.05) is 31.2 Å². The van der Waals surface area contributed by atoms with Gasteiger partial charge < -0.3 is 5.11 Å². The topological polar surface area (TPSA) is 49.3 Å². The number of benzene rings is 1. The normalized spacial score (nSPS) is 25.4. The lowest BCUT2D eigenvalue weighted by atomic mass is 10.1. The van der Waals surface area contributed by atoms with Gasteiger partial charge in [0, 0.05) is 5.75 Å². The molecule has 1 fully saturated rings. The quantitative estimate of drug-likeness (QED) is 0.802. The Balaban J connectivity index is 2.07. The summed E-state index contributed by atoms with van der Waals surface area (Å²) in [4.78, 5) is 10.8. The van der Waals surface area contributed by atoms with Crippen LogP contribution in [0.5, 0.6) is 0 Å². The molecule has 2 N–H and O–H groups in total. The van der Waals surface area contributed by atoms with Gasteiger partial charge in [-0.05, 0) is 12.5 Å². The fraction of sp³-hybridized carbons (Fsp3) is 0.364. The fourth-order valence-corrected chi connectivity index (χ4v) is 2.78. The van der Waals surface area contributed by atoms with Gasteiger partial charge in [0.2, 0.25) is 0 Å². The second-order valence-corrected chi connectivity index (χ2v) is 4.82. The molecule has 1 saturated heterocycles. The highest BCUT2D eigenvalue weighted by Gasteiger charge is 2.29. The number of hydrogen-bond donors (Lipinski definition) is 2. The Hall–Kier alpha value is -1.00. The third-order valence-electron chi connectivity index (χ3n) is 2.46. The summed E-state index contributed by atoms with van der Waals surface area (Å²) < 4.78 is 0. The van der Waals surface area contributed by atoms with Crippen LogP contribution in [0.1, 0.15) is 16.5 Å². The third-order valence-corrected chi connectivity index (χ3v) is 3.73. The number of hydrogen-bond acceptors (Lipinski definition) is 3. The lowest BCUT2D eigenvalue weighted by molar-refractivity contribution is -0.138. The number of carboxylic acids is 1. The maximum absolute atomic E-state index is 10.8. The minimum atomic E-state index is -0.767. The van der Waals surface area contributed by atoms with Gasteiger partial charge in [0.25, 0.3) is 0 Å². The highest BCUT2D eigenvalue weighted by atomic mass is 32.2. The molecule has 1 aromatic rings. The number of thioether (sulfide) groups is 1. The van der Waals surface area contributed by atoms with Gasteiger partial charge in [0.05, 0.1) is 5.37 Å². The Kier molecular flexibility index (Phi) is 2.98. The molecular weight excluding hydrogens is 210 g/mol.